The first kappa shape index (κ1) is 36.2. The van der Waals surface area contributed by atoms with Crippen molar-refractivity contribution in [3.63, 3.8) is 0 Å². The van der Waals surface area contributed by atoms with E-state index in [1.807, 2.05) is 60.7 Å². The summed E-state index contributed by atoms with van der Waals surface area (Å²) in [4.78, 5) is 40.6. The highest BCUT2D eigenvalue weighted by Crippen LogP contribution is 2.36. The number of aliphatic hydroxyl groups is 1. The van der Waals surface area contributed by atoms with Crippen LogP contribution in [0.15, 0.2) is 60.7 Å². The highest BCUT2D eigenvalue weighted by atomic mass is 19.1. The molecule has 1 aliphatic heterocycles. The zero-order valence-corrected chi connectivity index (χ0v) is 27.9. The average molecular weight is 655 g/mol. The predicted molar refractivity (Wildman–Crippen MR) is 174 cm³/mol. The number of alkyl halides is 1. The van der Waals surface area contributed by atoms with Gasteiger partial charge in [0, 0.05) is 19.9 Å². The molecule has 2 aromatic carbocycles. The van der Waals surface area contributed by atoms with E-state index in [1.165, 1.54) is 33.4 Å². The maximum atomic E-state index is 15.1. The number of hydrogen-bond donors (Lipinski definition) is 2. The van der Waals surface area contributed by atoms with E-state index >= 15 is 4.39 Å². The van der Waals surface area contributed by atoms with Crippen LogP contribution in [-0.2, 0) is 46.4 Å². The first-order valence-corrected chi connectivity index (χ1v) is 16.1. The van der Waals surface area contributed by atoms with Crippen LogP contribution < -0.4 is 5.32 Å². The molecule has 2 aromatic rings. The molecule has 256 valence electrons. The van der Waals surface area contributed by atoms with Crippen LogP contribution in [0.25, 0.3) is 5.57 Å². The number of aliphatic hydroxyl groups excluding tert-OH is 1. The van der Waals surface area contributed by atoms with Crippen molar-refractivity contribution >= 4 is 23.4 Å². The molecule has 2 N–H and O–H groups in total. The summed E-state index contributed by atoms with van der Waals surface area (Å²) in [5, 5.41) is 14.3. The van der Waals surface area contributed by atoms with Crippen LogP contribution in [0.1, 0.15) is 63.1 Å². The van der Waals surface area contributed by atoms with Crippen molar-refractivity contribution in [2.45, 2.75) is 95.2 Å². The minimum atomic E-state index is -1.83. The number of halogens is 1. The fourth-order valence-corrected chi connectivity index (χ4v) is 5.51. The second-order valence-corrected chi connectivity index (χ2v) is 12.9. The number of hydrogen-bond acceptors (Lipinski definition) is 9. The normalized spacial score (nSPS) is 18.2. The highest BCUT2D eigenvalue weighted by Gasteiger charge is 2.51. The predicted octanol–water partition coefficient (Wildman–Crippen LogP) is 4.13. The minimum Gasteiger partial charge on any atom is -0.459 e. The van der Waals surface area contributed by atoms with Crippen LogP contribution in [0.4, 0.5) is 4.39 Å². The molecule has 4 atom stereocenters. The first-order chi connectivity index (χ1) is 22.3. The van der Waals surface area contributed by atoms with E-state index < -0.39 is 53.6 Å². The van der Waals surface area contributed by atoms with Gasteiger partial charge in [-0.05, 0) is 69.3 Å². The van der Waals surface area contributed by atoms with Gasteiger partial charge in [-0.1, -0.05) is 60.7 Å². The fourth-order valence-electron chi connectivity index (χ4n) is 5.51. The van der Waals surface area contributed by atoms with Gasteiger partial charge in [0.25, 0.3) is 5.91 Å². The van der Waals surface area contributed by atoms with E-state index in [1.54, 1.807) is 7.05 Å². The number of amides is 1. The van der Waals surface area contributed by atoms with Gasteiger partial charge < -0.3 is 34.3 Å². The fraction of sp³-hybridized carbons (Fsp3) is 0.528. The molecule has 1 aliphatic carbocycles. The third kappa shape index (κ3) is 10.2. The summed E-state index contributed by atoms with van der Waals surface area (Å²) in [6.07, 6.45) is -0.497. The lowest BCUT2D eigenvalue weighted by Crippen LogP contribution is -2.53. The van der Waals surface area contributed by atoms with E-state index in [0.717, 1.165) is 28.0 Å². The number of ether oxygens (including phenoxy) is 4. The average Bonchev–Trinajstić information content (AvgIpc) is 3.87. The van der Waals surface area contributed by atoms with Gasteiger partial charge in [0.15, 0.2) is 18.5 Å². The highest BCUT2D eigenvalue weighted by molar-refractivity contribution is 5.88. The number of esters is 2. The number of likely N-dealkylation sites (N-methyl/N-ethyl adjacent to an activating group) is 2. The Morgan fingerprint density at radius 3 is 2.34 bits per heavy atom. The van der Waals surface area contributed by atoms with Crippen molar-refractivity contribution in [2.24, 2.45) is 0 Å². The third-order valence-electron chi connectivity index (χ3n) is 8.62. The molecule has 0 spiro atoms. The zero-order chi connectivity index (χ0) is 34.2. The summed E-state index contributed by atoms with van der Waals surface area (Å²) in [5.41, 5.74) is 1.11. The molecule has 1 fully saturated rings. The lowest BCUT2D eigenvalue weighted by atomic mass is 9.98. The maximum absolute atomic E-state index is 15.1. The molecule has 10 nitrogen and oxygen atoms in total. The van der Waals surface area contributed by atoms with Crippen LogP contribution in [0.5, 0.6) is 0 Å². The molecule has 1 heterocycles. The molecule has 0 radical (unpaired) electrons. The van der Waals surface area contributed by atoms with Gasteiger partial charge >= 0.3 is 11.9 Å². The van der Waals surface area contributed by atoms with Gasteiger partial charge in [0.2, 0.25) is 0 Å². The third-order valence-corrected chi connectivity index (χ3v) is 8.62. The lowest BCUT2D eigenvalue weighted by molar-refractivity contribution is -0.200. The SMILES string of the molecule is CNC1(C(=O)O[C@H](C)C(=O)N(C)[C@@H](CC(C)(C)F)C(O)O[C@H](Cc2ccc(C3=CCOCC3)cc2)C(=O)OCc2ccccc2)CC1. The molecule has 4 rings (SSSR count). The van der Waals surface area contributed by atoms with Crippen LogP contribution in [0, 0.1) is 0 Å². The molecule has 0 aromatic heterocycles. The number of rotatable bonds is 16. The molecule has 2 aliphatic rings. The quantitative estimate of drug-likeness (QED) is 0.203. The lowest BCUT2D eigenvalue weighted by Gasteiger charge is -2.36. The monoisotopic (exact) mass is 654 g/mol. The molecule has 1 amide bonds. The Kier molecular flexibility index (Phi) is 12.3. The second-order valence-electron chi connectivity index (χ2n) is 12.9. The number of carbonyl (C=O) groups excluding carboxylic acids is 3. The zero-order valence-electron chi connectivity index (χ0n) is 27.9. The summed E-state index contributed by atoms with van der Waals surface area (Å²) in [7, 11) is 3.03. The molecule has 1 saturated carbocycles. The number of nitrogens with one attached hydrogen (secondary N) is 1. The topological polar surface area (TPSA) is 124 Å². The van der Waals surface area contributed by atoms with E-state index in [2.05, 4.69) is 5.32 Å². The Hall–Kier alpha value is -3.64. The molecule has 0 bridgehead atoms. The molecule has 47 heavy (non-hydrogen) atoms. The van der Waals surface area contributed by atoms with E-state index in [4.69, 9.17) is 18.9 Å². The van der Waals surface area contributed by atoms with E-state index in [0.29, 0.717) is 26.1 Å². The Morgan fingerprint density at radius 1 is 1.09 bits per heavy atom. The van der Waals surface area contributed by atoms with Gasteiger partial charge in [-0.3, -0.25) is 9.59 Å². The standard InChI is InChI=1S/C36H47FN2O8/c1-24(46-34(43)36(38-4)17-18-36)31(40)39(5)29(22-35(2,3)37)32(41)47-30(33(42)45-23-26-9-7-6-8-10-26)21-25-11-13-27(14-12-25)28-15-19-44-20-16-28/h6-15,24,29-30,32,38,41H,16-23H2,1-5H3/t24-,29+,30-,32?/m1/s1. The van der Waals surface area contributed by atoms with Crippen molar-refractivity contribution in [1.82, 2.24) is 10.2 Å². The molecule has 0 saturated heterocycles. The van der Waals surface area contributed by atoms with Gasteiger partial charge in [0.1, 0.15) is 17.8 Å². The largest absolute Gasteiger partial charge is 0.459 e. The van der Waals surface area contributed by atoms with Crippen LogP contribution in [0.2, 0.25) is 0 Å². The second kappa shape index (κ2) is 16.0. The van der Waals surface area contributed by atoms with Crippen molar-refractivity contribution in [2.75, 3.05) is 27.3 Å². The van der Waals surface area contributed by atoms with Crippen LogP contribution >= 0.6 is 0 Å². The van der Waals surface area contributed by atoms with Crippen molar-refractivity contribution in [3.05, 3.63) is 77.4 Å². The summed E-state index contributed by atoms with van der Waals surface area (Å²) < 4.78 is 37.5. The Balaban J connectivity index is 1.51. The van der Waals surface area contributed by atoms with E-state index in [9.17, 15) is 19.5 Å². The van der Waals surface area contributed by atoms with Crippen LogP contribution in [0.3, 0.4) is 0 Å². The number of nitrogens with zero attached hydrogens (tertiary/aromatic N) is 1. The molecular weight excluding hydrogens is 607 g/mol. The smallest absolute Gasteiger partial charge is 0.336 e. The van der Waals surface area contributed by atoms with Crippen LogP contribution in [-0.4, -0.2) is 90.9 Å². The molecule has 11 heteroatoms. The summed E-state index contributed by atoms with van der Waals surface area (Å²) in [6, 6.07) is 15.6. The van der Waals surface area contributed by atoms with Crippen molar-refractivity contribution in [3.8, 4) is 0 Å². The van der Waals surface area contributed by atoms with Crippen molar-refractivity contribution < 1.29 is 42.8 Å². The summed E-state index contributed by atoms with van der Waals surface area (Å²) >= 11 is 0. The van der Waals surface area contributed by atoms with E-state index in [-0.39, 0.29) is 19.4 Å². The Bertz CT molecular complexity index is 1390. The van der Waals surface area contributed by atoms with Gasteiger partial charge in [-0.15, -0.1) is 0 Å². The van der Waals surface area contributed by atoms with Crippen molar-refractivity contribution in [1.29, 1.82) is 0 Å². The van der Waals surface area contributed by atoms with Gasteiger partial charge in [0.05, 0.1) is 19.3 Å². The Labute approximate surface area is 276 Å². The summed E-state index contributed by atoms with van der Waals surface area (Å²) in [6.45, 7) is 5.27. The number of carbonyl (C=O) groups is 3. The van der Waals surface area contributed by atoms with Gasteiger partial charge in [-0.25, -0.2) is 9.18 Å². The first-order valence-electron chi connectivity index (χ1n) is 16.1. The summed E-state index contributed by atoms with van der Waals surface area (Å²) in [5.74, 6) is -1.92. The minimum absolute atomic E-state index is 0.0128. The molecule has 1 unspecified atom stereocenters. The van der Waals surface area contributed by atoms with Gasteiger partial charge in [-0.2, -0.15) is 0 Å². The number of benzene rings is 2. The maximum Gasteiger partial charge on any atom is 0.336 e. The Morgan fingerprint density at radius 2 is 1.77 bits per heavy atom. The molecular formula is C36H47FN2O8.